The summed E-state index contributed by atoms with van der Waals surface area (Å²) in [6.07, 6.45) is 5.73. The van der Waals surface area contributed by atoms with Crippen LogP contribution in [-0.2, 0) is 23.8 Å². The third kappa shape index (κ3) is 3.15. The van der Waals surface area contributed by atoms with E-state index in [1.165, 1.54) is 13.8 Å². The number of halogens is 2. The summed E-state index contributed by atoms with van der Waals surface area (Å²) in [5.74, 6) is -3.56. The predicted molar refractivity (Wildman–Crippen MR) is 146 cm³/mol. The Hall–Kier alpha value is -1.28. The van der Waals surface area contributed by atoms with Gasteiger partial charge in [0.25, 0.3) is 5.92 Å². The third-order valence-electron chi connectivity index (χ3n) is 14.6. The van der Waals surface area contributed by atoms with Crippen molar-refractivity contribution in [2.75, 3.05) is 0 Å². The van der Waals surface area contributed by atoms with Crippen LogP contribution in [0, 0.1) is 44.8 Å². The highest BCUT2D eigenvalue weighted by Crippen LogP contribution is 2.92. The van der Waals surface area contributed by atoms with E-state index < -0.39 is 34.6 Å². The summed E-state index contributed by atoms with van der Waals surface area (Å²) < 4.78 is 49.2. The Kier molecular flexibility index (Phi) is 5.46. The van der Waals surface area contributed by atoms with Gasteiger partial charge in [0, 0.05) is 37.5 Å². The first kappa shape index (κ1) is 28.5. The van der Waals surface area contributed by atoms with Gasteiger partial charge in [0.1, 0.15) is 11.7 Å². The molecule has 0 amide bonds. The van der Waals surface area contributed by atoms with Crippen molar-refractivity contribution < 1.29 is 37.7 Å². The molecule has 7 rings (SSSR count). The van der Waals surface area contributed by atoms with Crippen LogP contribution in [0.5, 0.6) is 0 Å². The fraction of sp³-hybridized carbons (Fsp3) is 0.939. The van der Waals surface area contributed by atoms with Crippen LogP contribution in [0.1, 0.15) is 113 Å². The highest BCUT2D eigenvalue weighted by Gasteiger charge is 2.89. The second-order valence-electron chi connectivity index (χ2n) is 16.7. The Morgan fingerprint density at radius 1 is 0.902 bits per heavy atom. The number of carbonyl (C=O) groups is 2. The van der Waals surface area contributed by atoms with Crippen molar-refractivity contribution in [3.8, 4) is 0 Å². The van der Waals surface area contributed by atoms with E-state index in [-0.39, 0.29) is 64.1 Å². The van der Waals surface area contributed by atoms with Crippen molar-refractivity contribution in [2.24, 2.45) is 44.8 Å². The van der Waals surface area contributed by atoms with Gasteiger partial charge in [-0.2, -0.15) is 0 Å². The highest BCUT2D eigenvalue weighted by molar-refractivity contribution is 5.67. The molecule has 6 nitrogen and oxygen atoms in total. The van der Waals surface area contributed by atoms with Gasteiger partial charge in [0.2, 0.25) is 0 Å². The number of ether oxygens (including phenoxy) is 3. The van der Waals surface area contributed by atoms with E-state index >= 15 is 8.78 Å². The van der Waals surface area contributed by atoms with E-state index in [9.17, 15) is 14.7 Å². The van der Waals surface area contributed by atoms with Crippen molar-refractivity contribution in [1.29, 1.82) is 0 Å². The van der Waals surface area contributed by atoms with Crippen LogP contribution < -0.4 is 0 Å². The van der Waals surface area contributed by atoms with E-state index in [1.54, 1.807) is 13.8 Å². The Labute approximate surface area is 242 Å². The zero-order valence-electron chi connectivity index (χ0n) is 25.8. The lowest BCUT2D eigenvalue weighted by atomic mass is 9.35. The molecule has 230 valence electrons. The molecule has 0 aromatic rings. The lowest BCUT2D eigenvalue weighted by Gasteiger charge is -2.70. The van der Waals surface area contributed by atoms with Gasteiger partial charge in [-0.15, -0.1) is 0 Å². The van der Waals surface area contributed by atoms with E-state index in [0.29, 0.717) is 12.8 Å². The Balaban J connectivity index is 1.24. The molecule has 0 unspecified atom stereocenters. The van der Waals surface area contributed by atoms with Crippen LogP contribution >= 0.6 is 0 Å². The Morgan fingerprint density at radius 3 is 2.22 bits per heavy atom. The number of hydrogen-bond acceptors (Lipinski definition) is 6. The normalized spacial score (nSPS) is 53.6. The second-order valence-corrected chi connectivity index (χ2v) is 16.7. The molecular weight excluding hydrogens is 530 g/mol. The van der Waals surface area contributed by atoms with Gasteiger partial charge in [-0.3, -0.25) is 9.59 Å². The molecule has 7 aliphatic rings. The molecule has 1 aliphatic heterocycles. The van der Waals surface area contributed by atoms with Crippen LogP contribution in [0.15, 0.2) is 0 Å². The first-order chi connectivity index (χ1) is 18.8. The molecule has 6 saturated carbocycles. The topological polar surface area (TPSA) is 82.1 Å². The molecule has 0 aromatic heterocycles. The number of carbonyl (C=O) groups excluding carboxylic acids is 2. The molecule has 6 aliphatic carbocycles. The number of alkyl halides is 2. The Morgan fingerprint density at radius 2 is 1.56 bits per heavy atom. The fourth-order valence-corrected chi connectivity index (χ4v) is 13.3. The minimum atomic E-state index is -2.78. The van der Waals surface area contributed by atoms with Gasteiger partial charge in [-0.25, -0.2) is 8.78 Å². The monoisotopic (exact) mass is 578 g/mol. The minimum absolute atomic E-state index is 0.0283. The quantitative estimate of drug-likeness (QED) is 0.401. The molecule has 11 atom stereocenters. The molecule has 1 heterocycles. The number of aliphatic hydroxyl groups is 1. The summed E-state index contributed by atoms with van der Waals surface area (Å²) in [6.45, 7) is 12.4. The molecular formula is C33H48F2O6. The molecule has 8 heteroatoms. The van der Waals surface area contributed by atoms with E-state index in [4.69, 9.17) is 14.2 Å². The van der Waals surface area contributed by atoms with Crippen molar-refractivity contribution in [3.05, 3.63) is 0 Å². The van der Waals surface area contributed by atoms with Gasteiger partial charge >= 0.3 is 11.9 Å². The zero-order valence-corrected chi connectivity index (χ0v) is 25.8. The van der Waals surface area contributed by atoms with Gasteiger partial charge in [0.15, 0.2) is 0 Å². The van der Waals surface area contributed by atoms with Gasteiger partial charge in [-0.1, -0.05) is 20.8 Å². The number of esters is 2. The molecule has 41 heavy (non-hydrogen) atoms. The predicted octanol–water partition coefficient (Wildman–Crippen LogP) is 6.22. The average molecular weight is 579 g/mol. The largest absolute Gasteiger partial charge is 0.462 e. The Bertz CT molecular complexity index is 1200. The van der Waals surface area contributed by atoms with Crippen LogP contribution in [0.3, 0.4) is 0 Å². The van der Waals surface area contributed by atoms with E-state index in [0.717, 1.165) is 44.9 Å². The molecule has 1 N–H and O–H groups in total. The van der Waals surface area contributed by atoms with Gasteiger partial charge < -0.3 is 19.3 Å². The van der Waals surface area contributed by atoms with Crippen LogP contribution in [-0.4, -0.2) is 52.5 Å². The lowest BCUT2D eigenvalue weighted by molar-refractivity contribution is -0.296. The molecule has 4 spiro atoms. The van der Waals surface area contributed by atoms with Crippen molar-refractivity contribution >= 4 is 11.9 Å². The van der Waals surface area contributed by atoms with Crippen molar-refractivity contribution in [3.63, 3.8) is 0 Å². The van der Waals surface area contributed by atoms with Crippen molar-refractivity contribution in [1.82, 2.24) is 0 Å². The summed E-state index contributed by atoms with van der Waals surface area (Å²) in [5.41, 5.74) is -2.97. The summed E-state index contributed by atoms with van der Waals surface area (Å²) in [5, 5.41) is 11.7. The summed E-state index contributed by atoms with van der Waals surface area (Å²) in [7, 11) is 0. The maximum Gasteiger partial charge on any atom is 0.303 e. The first-order valence-electron chi connectivity index (χ1n) is 15.9. The SMILES string of the molecule is CC(=O)O[C@H]1C[C@@]2(C)[C@@H]3C[C@H](O)[C@H]4C(C)(C)C(F)(F)CC[C@@]45C[C@@]35CC[C@@]23C[C@@]2(CC[C@@H](C(C)(C)OC(C)=O)O2)[C@@H]13. The smallest absolute Gasteiger partial charge is 0.303 e. The number of aliphatic hydroxyl groups excluding tert-OH is 1. The zero-order chi connectivity index (χ0) is 29.8. The van der Waals surface area contributed by atoms with Crippen molar-refractivity contribution in [2.45, 2.75) is 148 Å². The lowest BCUT2D eigenvalue weighted by Crippen LogP contribution is -2.70. The average Bonchev–Trinajstić information content (AvgIpc) is 3.12. The number of fused-ring (bicyclic) bond motifs is 2. The van der Waals surface area contributed by atoms with Crippen LogP contribution in [0.2, 0.25) is 0 Å². The first-order valence-corrected chi connectivity index (χ1v) is 15.9. The standard InChI is InChI=1S/C33H48F2O6/c1-18(36)39-21-15-28(7)22-14-20(38)24-26(3,4)33(34,35)13-12-31(24)16-29(22,31)10-11-30(28)17-32(25(21)30)9-8-23(41-32)27(5,6)40-19(2)37/h20-25,38H,8-17H2,1-7H3/t20-,21-,22-,23-,24-,25-,28-,29-,30-,31+,32-/m0/s1. The second kappa shape index (κ2) is 7.86. The third-order valence-corrected chi connectivity index (χ3v) is 14.6. The van der Waals surface area contributed by atoms with E-state index in [2.05, 4.69) is 6.92 Å². The van der Waals surface area contributed by atoms with E-state index in [1.807, 2.05) is 13.8 Å². The van der Waals surface area contributed by atoms with Gasteiger partial charge in [-0.05, 0) is 99.2 Å². The number of rotatable bonds is 3. The molecule has 0 radical (unpaired) electrons. The minimum Gasteiger partial charge on any atom is -0.462 e. The molecule has 0 bridgehead atoms. The maximum atomic E-state index is 15.3. The summed E-state index contributed by atoms with van der Waals surface area (Å²) >= 11 is 0. The molecule has 0 aromatic carbocycles. The molecule has 7 fully saturated rings. The summed E-state index contributed by atoms with van der Waals surface area (Å²) in [6, 6.07) is 0. The highest BCUT2D eigenvalue weighted by atomic mass is 19.3. The van der Waals surface area contributed by atoms with Crippen LogP contribution in [0.25, 0.3) is 0 Å². The number of hydrogen-bond donors (Lipinski definition) is 1. The summed E-state index contributed by atoms with van der Waals surface area (Å²) in [4.78, 5) is 24.2. The fourth-order valence-electron chi connectivity index (χ4n) is 13.3. The van der Waals surface area contributed by atoms with Crippen LogP contribution in [0.4, 0.5) is 8.78 Å². The van der Waals surface area contributed by atoms with Gasteiger partial charge in [0.05, 0.1) is 17.8 Å². The molecule has 1 saturated heterocycles. The maximum absolute atomic E-state index is 15.3.